The summed E-state index contributed by atoms with van der Waals surface area (Å²) in [5.41, 5.74) is 1.45. The van der Waals surface area contributed by atoms with Gasteiger partial charge in [-0.1, -0.05) is 23.2 Å². The average Bonchev–Trinajstić information content (AvgIpc) is 2.48. The molecule has 6 heteroatoms. The largest absolute Gasteiger partial charge is 0.506 e. The predicted molar refractivity (Wildman–Crippen MR) is 83.0 cm³/mol. The second-order valence-corrected chi connectivity index (χ2v) is 5.06. The summed E-state index contributed by atoms with van der Waals surface area (Å²) in [5.74, 6) is 0.637. The lowest BCUT2D eigenvalue weighted by molar-refractivity contribution is 0.368. The Bertz CT molecular complexity index is 667. The molecule has 0 spiro atoms. The van der Waals surface area contributed by atoms with Gasteiger partial charge in [0.15, 0.2) is 6.61 Å². The van der Waals surface area contributed by atoms with Gasteiger partial charge in [0.25, 0.3) is 0 Å². The Morgan fingerprint density at radius 3 is 2.57 bits per heavy atom. The van der Waals surface area contributed by atoms with Crippen LogP contribution in [0, 0.1) is 11.3 Å². The molecule has 0 heterocycles. The van der Waals surface area contributed by atoms with Gasteiger partial charge in [0, 0.05) is 22.8 Å². The molecule has 0 aliphatic carbocycles. The van der Waals surface area contributed by atoms with E-state index in [2.05, 4.69) is 5.32 Å². The first-order valence-corrected chi connectivity index (χ1v) is 6.86. The van der Waals surface area contributed by atoms with Crippen LogP contribution in [-0.4, -0.2) is 11.7 Å². The summed E-state index contributed by atoms with van der Waals surface area (Å²) in [7, 11) is 0. The van der Waals surface area contributed by atoms with E-state index in [0.29, 0.717) is 22.9 Å². The molecule has 2 aromatic carbocycles. The van der Waals surface area contributed by atoms with Gasteiger partial charge in [-0.3, -0.25) is 0 Å². The van der Waals surface area contributed by atoms with Crippen LogP contribution < -0.4 is 10.1 Å². The fraction of sp³-hybridized carbons (Fsp3) is 0.133. The van der Waals surface area contributed by atoms with Crippen molar-refractivity contribution in [3.8, 4) is 17.6 Å². The Morgan fingerprint density at radius 2 is 1.90 bits per heavy atom. The normalized spacial score (nSPS) is 9.95. The zero-order valence-corrected chi connectivity index (χ0v) is 12.4. The van der Waals surface area contributed by atoms with Crippen LogP contribution in [0.15, 0.2) is 36.4 Å². The molecular weight excluding hydrogens is 311 g/mol. The van der Waals surface area contributed by atoms with Gasteiger partial charge in [-0.2, -0.15) is 5.26 Å². The molecule has 0 bridgehead atoms. The topological polar surface area (TPSA) is 65.3 Å². The predicted octanol–water partition coefficient (Wildman–Crippen LogP) is 4.21. The molecule has 0 amide bonds. The van der Waals surface area contributed by atoms with Crippen LogP contribution in [0.3, 0.4) is 0 Å². The van der Waals surface area contributed by atoms with Crippen molar-refractivity contribution in [1.82, 2.24) is 0 Å². The summed E-state index contributed by atoms with van der Waals surface area (Å²) >= 11 is 11.8. The van der Waals surface area contributed by atoms with Crippen molar-refractivity contribution < 1.29 is 9.84 Å². The van der Waals surface area contributed by atoms with Gasteiger partial charge in [-0.25, -0.2) is 0 Å². The number of hydrogen-bond donors (Lipinski definition) is 2. The van der Waals surface area contributed by atoms with Gasteiger partial charge in [0.1, 0.15) is 17.6 Å². The molecule has 0 aromatic heterocycles. The highest BCUT2D eigenvalue weighted by Gasteiger charge is 2.07. The number of hydrogen-bond acceptors (Lipinski definition) is 4. The number of benzene rings is 2. The van der Waals surface area contributed by atoms with E-state index in [0.717, 1.165) is 5.69 Å². The van der Waals surface area contributed by atoms with Gasteiger partial charge in [-0.15, -0.1) is 0 Å². The van der Waals surface area contributed by atoms with Crippen LogP contribution >= 0.6 is 23.2 Å². The molecule has 2 N–H and O–H groups in total. The number of rotatable bonds is 5. The number of phenols is 1. The first-order valence-electron chi connectivity index (χ1n) is 6.10. The third-order valence-corrected chi connectivity index (χ3v) is 3.25. The van der Waals surface area contributed by atoms with Crippen molar-refractivity contribution >= 4 is 28.9 Å². The highest BCUT2D eigenvalue weighted by molar-refractivity contribution is 6.35. The smallest absolute Gasteiger partial charge is 0.174 e. The van der Waals surface area contributed by atoms with Crippen LogP contribution in [0.4, 0.5) is 5.69 Å². The monoisotopic (exact) mass is 322 g/mol. The van der Waals surface area contributed by atoms with E-state index in [-0.39, 0.29) is 17.4 Å². The molecule has 0 fully saturated rings. The minimum absolute atomic E-state index is 0.0155. The second kappa shape index (κ2) is 7.07. The van der Waals surface area contributed by atoms with E-state index in [1.807, 2.05) is 18.2 Å². The van der Waals surface area contributed by atoms with Crippen LogP contribution in [0.5, 0.6) is 11.5 Å². The number of nitrogens with zero attached hydrogens (tertiary/aromatic N) is 1. The fourth-order valence-corrected chi connectivity index (χ4v) is 2.27. The molecule has 0 radical (unpaired) electrons. The Labute approximate surface area is 132 Å². The highest BCUT2D eigenvalue weighted by atomic mass is 35.5. The summed E-state index contributed by atoms with van der Waals surface area (Å²) in [5, 5.41) is 22.1. The Hall–Kier alpha value is -2.09. The molecule has 0 aliphatic heterocycles. The van der Waals surface area contributed by atoms with E-state index in [9.17, 15) is 5.11 Å². The zero-order chi connectivity index (χ0) is 15.2. The van der Waals surface area contributed by atoms with Crippen molar-refractivity contribution in [3.05, 3.63) is 52.0 Å². The van der Waals surface area contributed by atoms with Gasteiger partial charge >= 0.3 is 0 Å². The lowest BCUT2D eigenvalue weighted by Gasteiger charge is -2.10. The molecule has 0 saturated carbocycles. The lowest BCUT2D eigenvalue weighted by Crippen LogP contribution is -2.00. The number of ether oxygens (including phenoxy) is 1. The molecule has 0 unspecified atom stereocenters. The number of phenolic OH excluding ortho intramolecular Hbond substituents is 1. The maximum Gasteiger partial charge on any atom is 0.174 e. The molecular formula is C15H12Cl2N2O2. The number of anilines is 1. The van der Waals surface area contributed by atoms with Gasteiger partial charge in [0.2, 0.25) is 0 Å². The zero-order valence-electron chi connectivity index (χ0n) is 10.9. The van der Waals surface area contributed by atoms with Crippen LogP contribution in [0.25, 0.3) is 0 Å². The first-order chi connectivity index (χ1) is 10.1. The summed E-state index contributed by atoms with van der Waals surface area (Å²) in [6, 6.07) is 12.2. The van der Waals surface area contributed by atoms with Gasteiger partial charge in [0.05, 0.1) is 5.02 Å². The van der Waals surface area contributed by atoms with Crippen molar-refractivity contribution in [3.63, 3.8) is 0 Å². The van der Waals surface area contributed by atoms with E-state index in [4.69, 9.17) is 33.2 Å². The molecule has 0 aliphatic rings. The van der Waals surface area contributed by atoms with Crippen molar-refractivity contribution in [2.45, 2.75) is 6.54 Å². The Morgan fingerprint density at radius 1 is 1.19 bits per heavy atom. The molecule has 2 aromatic rings. The maximum atomic E-state index is 9.86. The van der Waals surface area contributed by atoms with Gasteiger partial charge < -0.3 is 15.2 Å². The van der Waals surface area contributed by atoms with Gasteiger partial charge in [-0.05, 0) is 36.4 Å². The van der Waals surface area contributed by atoms with Crippen LogP contribution in [0.2, 0.25) is 10.0 Å². The average molecular weight is 323 g/mol. The molecule has 4 nitrogen and oxygen atoms in total. The quantitative estimate of drug-likeness (QED) is 0.865. The standard InChI is InChI=1S/C15H12Cl2N2O2/c16-11-7-10(15(20)14(17)8-11)9-19-12-1-3-13(4-2-12)21-6-5-18/h1-4,7-8,19-20H,6,9H2. The number of halogens is 2. The summed E-state index contributed by atoms with van der Waals surface area (Å²) < 4.78 is 5.16. The van der Waals surface area contributed by atoms with Crippen LogP contribution in [0.1, 0.15) is 5.56 Å². The van der Waals surface area contributed by atoms with E-state index in [1.165, 1.54) is 6.07 Å². The number of aromatic hydroxyl groups is 1. The Balaban J connectivity index is 2.02. The summed E-state index contributed by atoms with van der Waals surface area (Å²) in [6.07, 6.45) is 0. The van der Waals surface area contributed by atoms with Crippen molar-refractivity contribution in [1.29, 1.82) is 5.26 Å². The van der Waals surface area contributed by atoms with Crippen LogP contribution in [-0.2, 0) is 6.54 Å². The fourth-order valence-electron chi connectivity index (χ4n) is 1.74. The molecule has 108 valence electrons. The van der Waals surface area contributed by atoms with E-state index < -0.39 is 0 Å². The summed E-state index contributed by atoms with van der Waals surface area (Å²) in [6.45, 7) is 0.395. The first kappa shape index (κ1) is 15.3. The number of nitrogens with one attached hydrogen (secondary N) is 1. The maximum absolute atomic E-state index is 9.86. The van der Waals surface area contributed by atoms with E-state index in [1.54, 1.807) is 18.2 Å². The Kier molecular flexibility index (Phi) is 5.15. The third kappa shape index (κ3) is 4.19. The van der Waals surface area contributed by atoms with E-state index >= 15 is 0 Å². The van der Waals surface area contributed by atoms with Crippen molar-refractivity contribution in [2.24, 2.45) is 0 Å². The lowest BCUT2D eigenvalue weighted by atomic mass is 10.2. The molecule has 2 rings (SSSR count). The minimum Gasteiger partial charge on any atom is -0.506 e. The molecule has 21 heavy (non-hydrogen) atoms. The third-order valence-electron chi connectivity index (χ3n) is 2.75. The summed E-state index contributed by atoms with van der Waals surface area (Å²) in [4.78, 5) is 0. The second-order valence-electron chi connectivity index (χ2n) is 4.22. The molecule has 0 saturated heterocycles. The van der Waals surface area contributed by atoms with Crippen molar-refractivity contribution in [2.75, 3.05) is 11.9 Å². The highest BCUT2D eigenvalue weighted by Crippen LogP contribution is 2.31. The number of nitriles is 1. The SMILES string of the molecule is N#CCOc1ccc(NCc2cc(Cl)cc(Cl)c2O)cc1. The minimum atomic E-state index is 0.0155. The molecule has 0 atom stereocenters.